The summed E-state index contributed by atoms with van der Waals surface area (Å²) in [5, 5.41) is 6.47. The van der Waals surface area contributed by atoms with E-state index in [1.54, 1.807) is 11.8 Å². The number of methoxy groups -OCH3 is 1. The maximum absolute atomic E-state index is 12.9. The maximum atomic E-state index is 12.9. The highest BCUT2D eigenvalue weighted by atomic mass is 16.5. The maximum Gasteiger partial charge on any atom is 0.407 e. The molecule has 0 aromatic carbocycles. The molecule has 0 spiro atoms. The summed E-state index contributed by atoms with van der Waals surface area (Å²) < 4.78 is 9.89. The average Bonchev–Trinajstić information content (AvgIpc) is 2.99. The molecule has 1 aromatic rings. The van der Waals surface area contributed by atoms with Gasteiger partial charge < -0.3 is 19.5 Å². The van der Waals surface area contributed by atoms with E-state index in [-0.39, 0.29) is 17.7 Å². The quantitative estimate of drug-likeness (QED) is 0.880. The second-order valence-corrected chi connectivity index (χ2v) is 6.62. The van der Waals surface area contributed by atoms with Crippen LogP contribution in [-0.2, 0) is 9.53 Å². The number of hydrogen-bond donors (Lipinski definition) is 1. The first kappa shape index (κ1) is 18.2. The van der Waals surface area contributed by atoms with Crippen molar-refractivity contribution in [2.45, 2.75) is 52.0 Å². The molecule has 1 aliphatic heterocycles. The summed E-state index contributed by atoms with van der Waals surface area (Å²) in [5.41, 5.74) is 0. The third-order valence-corrected chi connectivity index (χ3v) is 4.11. The third-order valence-electron chi connectivity index (χ3n) is 4.11. The van der Waals surface area contributed by atoms with Crippen LogP contribution >= 0.6 is 0 Å². The van der Waals surface area contributed by atoms with Crippen molar-refractivity contribution in [2.24, 2.45) is 5.92 Å². The molecule has 1 aromatic heterocycles. The summed E-state index contributed by atoms with van der Waals surface area (Å²) in [5.74, 6) is 1.40. The Morgan fingerprint density at radius 1 is 1.46 bits per heavy atom. The number of aromatic nitrogens is 2. The Morgan fingerprint density at radius 3 is 2.79 bits per heavy atom. The van der Waals surface area contributed by atoms with E-state index < -0.39 is 12.1 Å². The number of likely N-dealkylation sites (tertiary alicyclic amines) is 1. The summed E-state index contributed by atoms with van der Waals surface area (Å²) in [7, 11) is 1.29. The Kier molecular flexibility index (Phi) is 6.16. The highest BCUT2D eigenvalue weighted by Gasteiger charge is 2.32. The van der Waals surface area contributed by atoms with Gasteiger partial charge in [0.25, 0.3) is 0 Å². The number of carbonyl (C=O) groups excluding carboxylic acids is 2. The zero-order chi connectivity index (χ0) is 17.7. The Morgan fingerprint density at radius 2 is 2.21 bits per heavy atom. The molecule has 8 nitrogen and oxygen atoms in total. The van der Waals surface area contributed by atoms with Gasteiger partial charge >= 0.3 is 6.09 Å². The SMILES string of the molecule is COC(=O)NC(CC(C)C)C(=O)N1CCCC(c2nc(C)no2)C1. The number of amides is 2. The van der Waals surface area contributed by atoms with Crippen LogP contribution in [0.15, 0.2) is 4.52 Å². The van der Waals surface area contributed by atoms with Crippen LogP contribution in [0.3, 0.4) is 0 Å². The number of carbonyl (C=O) groups is 2. The molecule has 1 saturated heterocycles. The second kappa shape index (κ2) is 8.12. The van der Waals surface area contributed by atoms with Gasteiger partial charge in [-0.15, -0.1) is 0 Å². The molecule has 8 heteroatoms. The Balaban J connectivity index is 2.05. The molecule has 134 valence electrons. The number of ether oxygens (including phenoxy) is 1. The van der Waals surface area contributed by atoms with Gasteiger partial charge in [0.15, 0.2) is 5.82 Å². The molecule has 1 aliphatic rings. The molecular formula is C16H26N4O4. The van der Waals surface area contributed by atoms with Gasteiger partial charge in [0.2, 0.25) is 11.8 Å². The minimum Gasteiger partial charge on any atom is -0.453 e. The molecule has 0 aliphatic carbocycles. The summed E-state index contributed by atoms with van der Waals surface area (Å²) in [6, 6.07) is -0.583. The fourth-order valence-corrected chi connectivity index (χ4v) is 2.97. The van der Waals surface area contributed by atoms with E-state index in [9.17, 15) is 9.59 Å². The first-order valence-corrected chi connectivity index (χ1v) is 8.34. The second-order valence-electron chi connectivity index (χ2n) is 6.62. The van der Waals surface area contributed by atoms with Crippen molar-refractivity contribution < 1.29 is 18.8 Å². The van der Waals surface area contributed by atoms with Gasteiger partial charge in [-0.25, -0.2) is 4.79 Å². The molecule has 0 bridgehead atoms. The summed E-state index contributed by atoms with van der Waals surface area (Å²) in [4.78, 5) is 30.5. The van der Waals surface area contributed by atoms with E-state index in [1.165, 1.54) is 7.11 Å². The lowest BCUT2D eigenvalue weighted by atomic mass is 9.96. The van der Waals surface area contributed by atoms with Crippen molar-refractivity contribution >= 4 is 12.0 Å². The molecule has 1 N–H and O–H groups in total. The monoisotopic (exact) mass is 338 g/mol. The minimum atomic E-state index is -0.588. The topological polar surface area (TPSA) is 97.6 Å². The van der Waals surface area contributed by atoms with Crippen LogP contribution in [0, 0.1) is 12.8 Å². The van der Waals surface area contributed by atoms with Gasteiger partial charge in [0, 0.05) is 13.1 Å². The largest absolute Gasteiger partial charge is 0.453 e. The van der Waals surface area contributed by atoms with E-state index in [0.29, 0.717) is 31.2 Å². The molecule has 2 amide bonds. The number of aryl methyl sites for hydroxylation is 1. The zero-order valence-corrected chi connectivity index (χ0v) is 14.7. The van der Waals surface area contributed by atoms with Crippen LogP contribution < -0.4 is 5.32 Å². The van der Waals surface area contributed by atoms with E-state index in [2.05, 4.69) is 20.2 Å². The van der Waals surface area contributed by atoms with Crippen molar-refractivity contribution in [2.75, 3.05) is 20.2 Å². The molecule has 24 heavy (non-hydrogen) atoms. The number of hydrogen-bond acceptors (Lipinski definition) is 6. The number of alkyl carbamates (subject to hydrolysis) is 1. The fraction of sp³-hybridized carbons (Fsp3) is 0.750. The van der Waals surface area contributed by atoms with Crippen molar-refractivity contribution in [3.05, 3.63) is 11.7 Å². The van der Waals surface area contributed by atoms with Crippen LogP contribution in [0.4, 0.5) is 4.79 Å². The van der Waals surface area contributed by atoms with Gasteiger partial charge in [-0.3, -0.25) is 4.79 Å². The first-order valence-electron chi connectivity index (χ1n) is 8.34. The Labute approximate surface area is 141 Å². The number of rotatable bonds is 5. The van der Waals surface area contributed by atoms with Gasteiger partial charge in [-0.05, 0) is 32.1 Å². The van der Waals surface area contributed by atoms with Gasteiger partial charge in [-0.2, -0.15) is 4.98 Å². The summed E-state index contributed by atoms with van der Waals surface area (Å²) in [6.45, 7) is 6.99. The van der Waals surface area contributed by atoms with E-state index in [0.717, 1.165) is 12.8 Å². The molecular weight excluding hydrogens is 312 g/mol. The lowest BCUT2D eigenvalue weighted by Crippen LogP contribution is -2.51. The number of nitrogens with zero attached hydrogens (tertiary/aromatic N) is 3. The Hall–Kier alpha value is -2.12. The predicted molar refractivity (Wildman–Crippen MR) is 86.4 cm³/mol. The normalized spacial score (nSPS) is 19.2. The lowest BCUT2D eigenvalue weighted by Gasteiger charge is -2.34. The van der Waals surface area contributed by atoms with Crippen molar-refractivity contribution in [3.8, 4) is 0 Å². The smallest absolute Gasteiger partial charge is 0.407 e. The van der Waals surface area contributed by atoms with Crippen molar-refractivity contribution in [3.63, 3.8) is 0 Å². The highest BCUT2D eigenvalue weighted by molar-refractivity contribution is 5.85. The van der Waals surface area contributed by atoms with Crippen LogP contribution in [0.25, 0.3) is 0 Å². The van der Waals surface area contributed by atoms with Crippen LogP contribution in [0.5, 0.6) is 0 Å². The molecule has 1 fully saturated rings. The Bertz CT molecular complexity index is 572. The van der Waals surface area contributed by atoms with Crippen LogP contribution in [0.1, 0.15) is 50.7 Å². The molecule has 2 heterocycles. The standard InChI is InChI=1S/C16H26N4O4/c1-10(2)8-13(18-16(22)23-4)15(21)20-7-5-6-12(9-20)14-17-11(3)19-24-14/h10,12-13H,5-9H2,1-4H3,(H,18,22). The van der Waals surface area contributed by atoms with Gasteiger partial charge in [0.1, 0.15) is 6.04 Å². The van der Waals surface area contributed by atoms with E-state index in [4.69, 9.17) is 4.52 Å². The van der Waals surface area contributed by atoms with Crippen LogP contribution in [0.2, 0.25) is 0 Å². The van der Waals surface area contributed by atoms with Crippen molar-refractivity contribution in [1.82, 2.24) is 20.4 Å². The lowest BCUT2D eigenvalue weighted by molar-refractivity contribution is -0.135. The van der Waals surface area contributed by atoms with Gasteiger partial charge in [0.05, 0.1) is 13.0 Å². The zero-order valence-electron chi connectivity index (χ0n) is 14.7. The van der Waals surface area contributed by atoms with Crippen LogP contribution in [-0.4, -0.2) is 53.3 Å². The fourth-order valence-electron chi connectivity index (χ4n) is 2.97. The summed E-state index contributed by atoms with van der Waals surface area (Å²) in [6.07, 6.45) is 1.75. The van der Waals surface area contributed by atoms with Gasteiger partial charge in [-0.1, -0.05) is 19.0 Å². The molecule has 2 atom stereocenters. The third kappa shape index (κ3) is 4.69. The van der Waals surface area contributed by atoms with E-state index >= 15 is 0 Å². The molecule has 0 radical (unpaired) electrons. The molecule has 2 unspecified atom stereocenters. The highest BCUT2D eigenvalue weighted by Crippen LogP contribution is 2.26. The minimum absolute atomic E-state index is 0.0433. The first-order chi connectivity index (χ1) is 11.4. The van der Waals surface area contributed by atoms with Crippen molar-refractivity contribution in [1.29, 1.82) is 0 Å². The average molecular weight is 338 g/mol. The molecule has 2 rings (SSSR count). The molecule has 0 saturated carbocycles. The predicted octanol–water partition coefficient (Wildman–Crippen LogP) is 1.85. The summed E-state index contributed by atoms with van der Waals surface area (Å²) >= 11 is 0. The number of piperidine rings is 1. The number of nitrogens with one attached hydrogen (secondary N) is 1. The van der Waals surface area contributed by atoms with E-state index in [1.807, 2.05) is 13.8 Å².